The van der Waals surface area contributed by atoms with Gasteiger partial charge in [0.1, 0.15) is 0 Å². The molecule has 0 aliphatic carbocycles. The van der Waals surface area contributed by atoms with Crippen molar-refractivity contribution in [1.82, 2.24) is 10.6 Å². The van der Waals surface area contributed by atoms with Crippen molar-refractivity contribution in [2.45, 2.75) is 52.1 Å². The molecule has 0 saturated heterocycles. The normalized spacial score (nSPS) is 12.6. The predicted octanol–water partition coefficient (Wildman–Crippen LogP) is 3.19. The first-order valence-corrected chi connectivity index (χ1v) is 7.65. The van der Waals surface area contributed by atoms with E-state index in [1.54, 1.807) is 7.05 Å². The lowest BCUT2D eigenvalue weighted by Gasteiger charge is -2.18. The largest absolute Gasteiger partial charge is 0.354 e. The van der Waals surface area contributed by atoms with Crippen molar-refractivity contribution in [3.63, 3.8) is 0 Å². The molecule has 1 aromatic carbocycles. The van der Waals surface area contributed by atoms with Crippen LogP contribution in [0, 0.1) is 11.3 Å². The Balaban J connectivity index is 2.38. The molecule has 0 bridgehead atoms. The number of hydrogen-bond acceptors (Lipinski definition) is 2. The molecule has 0 aliphatic rings. The van der Waals surface area contributed by atoms with Gasteiger partial charge >= 0.3 is 0 Å². The number of rotatable bonds is 7. The third kappa shape index (κ3) is 6.80. The molecule has 0 amide bonds. The number of guanidine groups is 1. The summed E-state index contributed by atoms with van der Waals surface area (Å²) in [6.07, 6.45) is 4.93. The molecular weight excluding hydrogens is 260 g/mol. The molecule has 0 aromatic heterocycles. The number of hydrogen-bond donors (Lipinski definition) is 2. The summed E-state index contributed by atoms with van der Waals surface area (Å²) in [6.45, 7) is 5.10. The highest BCUT2D eigenvalue weighted by atomic mass is 15.2. The van der Waals surface area contributed by atoms with Crippen LogP contribution < -0.4 is 10.6 Å². The number of nitrogens with zero attached hydrogens (tertiary/aromatic N) is 2. The molecule has 0 radical (unpaired) electrons. The van der Waals surface area contributed by atoms with Crippen LogP contribution >= 0.6 is 0 Å². The van der Waals surface area contributed by atoms with Crippen molar-refractivity contribution in [3.8, 4) is 6.07 Å². The Kier molecular flexibility index (Phi) is 7.96. The topological polar surface area (TPSA) is 60.2 Å². The van der Waals surface area contributed by atoms with E-state index in [4.69, 9.17) is 5.26 Å². The van der Waals surface area contributed by atoms with Crippen molar-refractivity contribution in [2.75, 3.05) is 7.05 Å². The lowest BCUT2D eigenvalue weighted by Crippen LogP contribution is -2.41. The van der Waals surface area contributed by atoms with Gasteiger partial charge in [0.2, 0.25) is 0 Å². The molecule has 4 nitrogen and oxygen atoms in total. The van der Waals surface area contributed by atoms with Crippen LogP contribution in [0.2, 0.25) is 0 Å². The van der Waals surface area contributed by atoms with Crippen molar-refractivity contribution in [3.05, 3.63) is 35.4 Å². The lowest BCUT2D eigenvalue weighted by molar-refractivity contribution is 0.546. The van der Waals surface area contributed by atoms with E-state index < -0.39 is 0 Å². The minimum atomic E-state index is 0.420. The summed E-state index contributed by atoms with van der Waals surface area (Å²) in [5, 5.41) is 15.5. The lowest BCUT2D eigenvalue weighted by atomic mass is 10.1. The van der Waals surface area contributed by atoms with Crippen molar-refractivity contribution in [2.24, 2.45) is 4.99 Å². The third-order valence-corrected chi connectivity index (χ3v) is 3.39. The van der Waals surface area contributed by atoms with Crippen LogP contribution in [0.25, 0.3) is 0 Å². The minimum absolute atomic E-state index is 0.420. The second kappa shape index (κ2) is 9.82. The minimum Gasteiger partial charge on any atom is -0.354 e. The SMILES string of the molecule is CCCCCC(C)NC(=NC)NCc1ccc(C#N)cc1. The van der Waals surface area contributed by atoms with Gasteiger partial charge in [-0.1, -0.05) is 38.3 Å². The first-order valence-electron chi connectivity index (χ1n) is 7.65. The molecule has 4 heteroatoms. The molecule has 1 rings (SSSR count). The summed E-state index contributed by atoms with van der Waals surface area (Å²) in [5.41, 5.74) is 1.82. The van der Waals surface area contributed by atoms with Gasteiger partial charge in [-0.15, -0.1) is 0 Å². The Morgan fingerprint density at radius 1 is 1.29 bits per heavy atom. The summed E-state index contributed by atoms with van der Waals surface area (Å²) in [5.74, 6) is 0.823. The average molecular weight is 286 g/mol. The molecule has 1 atom stereocenters. The second-order valence-electron chi connectivity index (χ2n) is 5.28. The van der Waals surface area contributed by atoms with E-state index in [1.165, 1.54) is 19.3 Å². The molecule has 1 unspecified atom stereocenters. The fourth-order valence-electron chi connectivity index (χ4n) is 2.08. The fourth-order valence-corrected chi connectivity index (χ4v) is 2.08. The zero-order chi connectivity index (χ0) is 15.5. The van der Waals surface area contributed by atoms with Crippen LogP contribution in [0.5, 0.6) is 0 Å². The van der Waals surface area contributed by atoms with Gasteiger partial charge in [0, 0.05) is 19.6 Å². The van der Waals surface area contributed by atoms with E-state index in [-0.39, 0.29) is 0 Å². The van der Waals surface area contributed by atoms with Crippen molar-refractivity contribution >= 4 is 5.96 Å². The van der Waals surface area contributed by atoms with E-state index in [2.05, 4.69) is 35.5 Å². The van der Waals surface area contributed by atoms with Gasteiger partial charge in [0.15, 0.2) is 5.96 Å². The summed E-state index contributed by atoms with van der Waals surface area (Å²) in [4.78, 5) is 4.25. The van der Waals surface area contributed by atoms with E-state index >= 15 is 0 Å². The van der Waals surface area contributed by atoms with E-state index in [0.29, 0.717) is 18.2 Å². The highest BCUT2D eigenvalue weighted by molar-refractivity contribution is 5.79. The van der Waals surface area contributed by atoms with E-state index in [0.717, 1.165) is 17.9 Å². The van der Waals surface area contributed by atoms with Crippen LogP contribution in [0.4, 0.5) is 0 Å². The van der Waals surface area contributed by atoms with Crippen LogP contribution in [0.15, 0.2) is 29.3 Å². The zero-order valence-electron chi connectivity index (χ0n) is 13.3. The Morgan fingerprint density at radius 2 is 2.00 bits per heavy atom. The third-order valence-electron chi connectivity index (χ3n) is 3.39. The maximum absolute atomic E-state index is 8.78. The smallest absolute Gasteiger partial charge is 0.191 e. The Labute approximate surface area is 128 Å². The molecule has 21 heavy (non-hydrogen) atoms. The molecule has 0 aliphatic heterocycles. The highest BCUT2D eigenvalue weighted by Crippen LogP contribution is 2.04. The highest BCUT2D eigenvalue weighted by Gasteiger charge is 2.04. The van der Waals surface area contributed by atoms with Gasteiger partial charge in [0.05, 0.1) is 11.6 Å². The number of nitrogens with one attached hydrogen (secondary N) is 2. The molecular formula is C17H26N4. The number of nitriles is 1. The molecule has 0 heterocycles. The summed E-state index contributed by atoms with van der Waals surface area (Å²) in [6, 6.07) is 10.1. The monoisotopic (exact) mass is 286 g/mol. The second-order valence-corrected chi connectivity index (χ2v) is 5.28. The summed E-state index contributed by atoms with van der Waals surface area (Å²) >= 11 is 0. The van der Waals surface area contributed by atoms with Crippen LogP contribution in [-0.2, 0) is 6.54 Å². The van der Waals surface area contributed by atoms with Gasteiger partial charge in [-0.05, 0) is 31.0 Å². The number of unbranched alkanes of at least 4 members (excludes halogenated alkanes) is 2. The predicted molar refractivity (Wildman–Crippen MR) is 88.1 cm³/mol. The van der Waals surface area contributed by atoms with Gasteiger partial charge < -0.3 is 10.6 Å². The van der Waals surface area contributed by atoms with Crippen molar-refractivity contribution < 1.29 is 0 Å². The van der Waals surface area contributed by atoms with Crippen LogP contribution in [0.1, 0.15) is 50.7 Å². The Morgan fingerprint density at radius 3 is 2.57 bits per heavy atom. The van der Waals surface area contributed by atoms with Gasteiger partial charge in [-0.3, -0.25) is 4.99 Å². The molecule has 0 fully saturated rings. The average Bonchev–Trinajstić information content (AvgIpc) is 2.52. The van der Waals surface area contributed by atoms with E-state index in [1.807, 2.05) is 24.3 Å². The Bertz CT molecular complexity index is 471. The Hall–Kier alpha value is -2.02. The zero-order valence-corrected chi connectivity index (χ0v) is 13.3. The van der Waals surface area contributed by atoms with Gasteiger partial charge in [0.25, 0.3) is 0 Å². The molecule has 114 valence electrons. The molecule has 2 N–H and O–H groups in total. The standard InChI is InChI=1S/C17H26N4/c1-4-5-6-7-14(2)21-17(19-3)20-13-16-10-8-15(12-18)9-11-16/h8-11,14H,4-7,13H2,1-3H3,(H2,19,20,21). The first-order chi connectivity index (χ1) is 10.2. The maximum Gasteiger partial charge on any atom is 0.191 e. The molecule has 1 aromatic rings. The summed E-state index contributed by atoms with van der Waals surface area (Å²) < 4.78 is 0. The van der Waals surface area contributed by atoms with Crippen molar-refractivity contribution in [1.29, 1.82) is 5.26 Å². The maximum atomic E-state index is 8.78. The quantitative estimate of drug-likeness (QED) is 0.460. The van der Waals surface area contributed by atoms with Crippen LogP contribution in [-0.4, -0.2) is 19.0 Å². The summed E-state index contributed by atoms with van der Waals surface area (Å²) in [7, 11) is 1.78. The van der Waals surface area contributed by atoms with Gasteiger partial charge in [-0.2, -0.15) is 5.26 Å². The molecule has 0 saturated carbocycles. The van der Waals surface area contributed by atoms with Gasteiger partial charge in [-0.25, -0.2) is 0 Å². The number of benzene rings is 1. The first kappa shape index (κ1) is 17.0. The van der Waals surface area contributed by atoms with E-state index in [9.17, 15) is 0 Å². The molecule has 0 spiro atoms. The van der Waals surface area contributed by atoms with Crippen LogP contribution in [0.3, 0.4) is 0 Å². The number of aliphatic imine (C=N–C) groups is 1. The fraction of sp³-hybridized carbons (Fsp3) is 0.529.